The molecule has 0 atom stereocenters. The fourth-order valence-corrected chi connectivity index (χ4v) is 4.12. The summed E-state index contributed by atoms with van der Waals surface area (Å²) in [4.78, 5) is 10.5. The molecule has 0 bridgehead atoms. The summed E-state index contributed by atoms with van der Waals surface area (Å²) in [6, 6.07) is 0. The number of nitrogens with zero attached hydrogens (tertiary/aromatic N) is 2. The van der Waals surface area contributed by atoms with Crippen molar-refractivity contribution < 1.29 is 27.6 Å². The van der Waals surface area contributed by atoms with Crippen molar-refractivity contribution in [3.63, 3.8) is 0 Å². The van der Waals surface area contributed by atoms with Gasteiger partial charge in [-0.05, 0) is 20.8 Å². The first kappa shape index (κ1) is 14.9. The van der Waals surface area contributed by atoms with Gasteiger partial charge in [0.15, 0.2) is 5.76 Å². The normalized spacial score (nSPS) is 18.8. The van der Waals surface area contributed by atoms with Crippen molar-refractivity contribution in [1.29, 1.82) is 0 Å². The van der Waals surface area contributed by atoms with Crippen LogP contribution in [-0.4, -0.2) is 54.3 Å². The van der Waals surface area contributed by atoms with E-state index in [-0.39, 0.29) is 23.7 Å². The van der Waals surface area contributed by atoms with Gasteiger partial charge in [-0.1, -0.05) is 5.16 Å². The van der Waals surface area contributed by atoms with Crippen LogP contribution in [0.1, 0.15) is 18.4 Å². The molecule has 0 unspecified atom stereocenters. The predicted octanol–water partition coefficient (Wildman–Crippen LogP) is 0.156. The zero-order valence-electron chi connectivity index (χ0n) is 11.4. The summed E-state index contributed by atoms with van der Waals surface area (Å²) in [5.74, 6) is -0.846. The Morgan fingerprint density at radius 1 is 1.50 bits per heavy atom. The highest BCUT2D eigenvalue weighted by Crippen LogP contribution is 2.32. The molecular weight excluding hydrogens is 288 g/mol. The molecule has 0 radical (unpaired) electrons. The van der Waals surface area contributed by atoms with Crippen LogP contribution in [0.5, 0.6) is 0 Å². The Balaban J connectivity index is 2.10. The lowest BCUT2D eigenvalue weighted by atomic mass is 10.0. The van der Waals surface area contributed by atoms with Crippen molar-refractivity contribution in [3.8, 4) is 0 Å². The Bertz CT molecular complexity index is 610. The first-order chi connectivity index (χ1) is 9.16. The summed E-state index contributed by atoms with van der Waals surface area (Å²) >= 11 is 0. The van der Waals surface area contributed by atoms with E-state index in [1.807, 2.05) is 0 Å². The van der Waals surface area contributed by atoms with Gasteiger partial charge in [0, 0.05) is 13.1 Å². The number of sulfonamides is 1. The van der Waals surface area contributed by atoms with Crippen molar-refractivity contribution in [2.75, 3.05) is 19.7 Å². The highest BCUT2D eigenvalue weighted by atomic mass is 32.2. The fourth-order valence-electron chi connectivity index (χ4n) is 2.17. The molecule has 9 heteroatoms. The Hall–Kier alpha value is -1.45. The SMILES string of the molecule is Cc1noc(C)c1S(=O)(=O)N1CC(C)(OCC(=O)O)C1. The van der Waals surface area contributed by atoms with Gasteiger partial charge in [-0.25, -0.2) is 13.2 Å². The Morgan fingerprint density at radius 2 is 2.10 bits per heavy atom. The maximum atomic E-state index is 12.4. The van der Waals surface area contributed by atoms with Crippen molar-refractivity contribution in [2.24, 2.45) is 0 Å². The van der Waals surface area contributed by atoms with Crippen LogP contribution in [0, 0.1) is 13.8 Å². The number of ether oxygens (including phenoxy) is 1. The first-order valence-corrected chi connectivity index (χ1v) is 7.38. The van der Waals surface area contributed by atoms with Crippen LogP contribution in [0.2, 0.25) is 0 Å². The van der Waals surface area contributed by atoms with E-state index < -0.39 is 28.2 Å². The van der Waals surface area contributed by atoms with E-state index in [2.05, 4.69) is 5.16 Å². The van der Waals surface area contributed by atoms with Gasteiger partial charge in [0.05, 0.1) is 5.60 Å². The second-order valence-corrected chi connectivity index (χ2v) is 6.93. The lowest BCUT2D eigenvalue weighted by Gasteiger charge is -2.45. The molecule has 0 amide bonds. The number of aryl methyl sites for hydroxylation is 2. The number of hydrogen-bond donors (Lipinski definition) is 1. The van der Waals surface area contributed by atoms with Crippen molar-refractivity contribution in [2.45, 2.75) is 31.3 Å². The molecule has 20 heavy (non-hydrogen) atoms. The number of aromatic nitrogens is 1. The minimum Gasteiger partial charge on any atom is -0.480 e. The zero-order valence-corrected chi connectivity index (χ0v) is 12.2. The average molecular weight is 304 g/mol. The number of aliphatic carboxylic acids is 1. The van der Waals surface area contributed by atoms with Crippen molar-refractivity contribution in [3.05, 3.63) is 11.5 Å². The minimum absolute atomic E-state index is 0.0674. The van der Waals surface area contributed by atoms with Gasteiger partial charge in [0.2, 0.25) is 10.0 Å². The van der Waals surface area contributed by atoms with Crippen molar-refractivity contribution in [1.82, 2.24) is 9.46 Å². The van der Waals surface area contributed by atoms with Gasteiger partial charge < -0.3 is 14.4 Å². The van der Waals surface area contributed by atoms with Gasteiger partial charge in [0.25, 0.3) is 0 Å². The lowest BCUT2D eigenvalue weighted by Crippen LogP contribution is -2.63. The second-order valence-electron chi connectivity index (χ2n) is 5.06. The number of carbonyl (C=O) groups is 1. The Morgan fingerprint density at radius 3 is 2.55 bits per heavy atom. The van der Waals surface area contributed by atoms with Gasteiger partial charge in [-0.15, -0.1) is 0 Å². The van der Waals surface area contributed by atoms with E-state index in [4.69, 9.17) is 14.4 Å². The van der Waals surface area contributed by atoms with Crippen LogP contribution in [0.4, 0.5) is 0 Å². The minimum atomic E-state index is -3.68. The van der Waals surface area contributed by atoms with Crippen LogP contribution >= 0.6 is 0 Å². The molecule has 0 saturated carbocycles. The molecule has 112 valence electrons. The molecule has 1 fully saturated rings. The van der Waals surface area contributed by atoms with E-state index in [9.17, 15) is 13.2 Å². The molecule has 1 aliphatic heterocycles. The molecule has 0 spiro atoms. The largest absolute Gasteiger partial charge is 0.480 e. The summed E-state index contributed by atoms with van der Waals surface area (Å²) in [5, 5.41) is 12.2. The highest BCUT2D eigenvalue weighted by molar-refractivity contribution is 7.89. The van der Waals surface area contributed by atoms with E-state index >= 15 is 0 Å². The number of hydrogen-bond acceptors (Lipinski definition) is 6. The molecule has 1 N–H and O–H groups in total. The third-order valence-corrected chi connectivity index (χ3v) is 5.17. The monoisotopic (exact) mass is 304 g/mol. The van der Waals surface area contributed by atoms with Crippen LogP contribution in [0.3, 0.4) is 0 Å². The molecule has 2 rings (SSSR count). The quantitative estimate of drug-likeness (QED) is 0.824. The Kier molecular flexibility index (Phi) is 3.61. The molecular formula is C11H16N2O6S. The van der Waals surface area contributed by atoms with Gasteiger partial charge >= 0.3 is 5.97 Å². The Labute approximate surface area is 116 Å². The number of carboxylic acid groups (broad SMARTS) is 1. The van der Waals surface area contributed by atoms with Crippen LogP contribution in [0.25, 0.3) is 0 Å². The van der Waals surface area contributed by atoms with E-state index in [1.54, 1.807) is 13.8 Å². The average Bonchev–Trinajstić information content (AvgIpc) is 2.63. The van der Waals surface area contributed by atoms with Crippen LogP contribution in [0.15, 0.2) is 9.42 Å². The standard InChI is InChI=1S/C11H16N2O6S/c1-7-10(8(2)19-12-7)20(16,17)13-5-11(3,6-13)18-4-9(14)15/h4-6H2,1-3H3,(H,14,15). The molecule has 1 aromatic rings. The zero-order chi connectivity index (χ0) is 15.1. The number of carboxylic acids is 1. The summed E-state index contributed by atoms with van der Waals surface area (Å²) in [6.45, 7) is 4.53. The summed E-state index contributed by atoms with van der Waals surface area (Å²) < 4.78 is 36.1. The summed E-state index contributed by atoms with van der Waals surface area (Å²) in [7, 11) is -3.68. The van der Waals surface area contributed by atoms with E-state index in [0.29, 0.717) is 5.69 Å². The van der Waals surface area contributed by atoms with Gasteiger partial charge in [-0.3, -0.25) is 0 Å². The van der Waals surface area contributed by atoms with E-state index in [1.165, 1.54) is 11.2 Å². The highest BCUT2D eigenvalue weighted by Gasteiger charge is 2.47. The molecule has 8 nitrogen and oxygen atoms in total. The molecule has 2 heterocycles. The smallest absolute Gasteiger partial charge is 0.329 e. The van der Waals surface area contributed by atoms with Gasteiger partial charge in [0.1, 0.15) is 17.2 Å². The van der Waals surface area contributed by atoms with Crippen LogP contribution in [-0.2, 0) is 19.6 Å². The van der Waals surface area contributed by atoms with Gasteiger partial charge in [-0.2, -0.15) is 4.31 Å². The predicted molar refractivity (Wildman–Crippen MR) is 66.7 cm³/mol. The maximum Gasteiger partial charge on any atom is 0.329 e. The number of rotatable bonds is 5. The van der Waals surface area contributed by atoms with Crippen molar-refractivity contribution >= 4 is 16.0 Å². The maximum absolute atomic E-state index is 12.4. The third kappa shape index (κ3) is 2.56. The molecule has 0 aromatic carbocycles. The topological polar surface area (TPSA) is 110 Å². The van der Waals surface area contributed by atoms with Crippen LogP contribution < -0.4 is 0 Å². The molecule has 1 aliphatic rings. The first-order valence-electron chi connectivity index (χ1n) is 5.94. The fraction of sp³-hybridized carbons (Fsp3) is 0.636. The second kappa shape index (κ2) is 4.83. The lowest BCUT2D eigenvalue weighted by molar-refractivity contribution is -0.157. The molecule has 1 aromatic heterocycles. The summed E-state index contributed by atoms with van der Waals surface area (Å²) in [6.07, 6.45) is 0. The van der Waals surface area contributed by atoms with E-state index in [0.717, 1.165) is 0 Å². The third-order valence-electron chi connectivity index (χ3n) is 3.13. The molecule has 1 saturated heterocycles. The molecule has 0 aliphatic carbocycles. The summed E-state index contributed by atoms with van der Waals surface area (Å²) in [5.41, 5.74) is -0.465.